The van der Waals surface area contributed by atoms with E-state index in [1.54, 1.807) is 26.2 Å². The molecule has 0 unspecified atom stereocenters. The molecule has 0 fully saturated rings. The van der Waals surface area contributed by atoms with Crippen molar-refractivity contribution in [2.45, 2.75) is 40.7 Å². The normalized spacial score (nSPS) is 11.0. The number of aromatic hydroxyl groups is 1. The Bertz CT molecular complexity index is 1570. The molecule has 0 saturated carbocycles. The fourth-order valence-electron chi connectivity index (χ4n) is 4.58. The van der Waals surface area contributed by atoms with Crippen LogP contribution in [0, 0.1) is 39.0 Å². The van der Waals surface area contributed by atoms with Crippen molar-refractivity contribution in [3.63, 3.8) is 0 Å². The van der Waals surface area contributed by atoms with E-state index in [0.29, 0.717) is 23.3 Å². The monoisotopic (exact) mass is 470 g/mol. The molecule has 4 rings (SSSR count). The molecule has 2 aromatic heterocycles. The molecule has 1 N–H and O–H groups in total. The van der Waals surface area contributed by atoms with Crippen LogP contribution in [0.2, 0.25) is 0 Å². The molecule has 0 amide bonds. The number of pyridine rings is 1. The zero-order chi connectivity index (χ0) is 25.4. The molecule has 0 radical (unpaired) electrons. The minimum Gasteiger partial charge on any atom is -0.497 e. The minimum absolute atomic E-state index is 0.0799. The van der Waals surface area contributed by atoms with Crippen LogP contribution in [0.3, 0.4) is 0 Å². The van der Waals surface area contributed by atoms with Crippen LogP contribution in [0.15, 0.2) is 45.6 Å². The molecule has 0 saturated heterocycles. The van der Waals surface area contributed by atoms with Gasteiger partial charge in [0.25, 0.3) is 5.56 Å². The summed E-state index contributed by atoms with van der Waals surface area (Å²) in [4.78, 5) is 26.6. The number of ketones is 1. The van der Waals surface area contributed by atoms with Crippen molar-refractivity contribution >= 4 is 16.8 Å². The second kappa shape index (κ2) is 9.15. The van der Waals surface area contributed by atoms with Gasteiger partial charge in [0.15, 0.2) is 5.76 Å². The number of methoxy groups -OCH3 is 1. The van der Waals surface area contributed by atoms with Gasteiger partial charge in [-0.3, -0.25) is 14.2 Å². The van der Waals surface area contributed by atoms with Crippen LogP contribution in [0.25, 0.3) is 11.0 Å². The van der Waals surface area contributed by atoms with Gasteiger partial charge < -0.3 is 14.3 Å². The van der Waals surface area contributed by atoms with Crippen molar-refractivity contribution in [3.8, 4) is 17.7 Å². The number of fused-ring (bicyclic) bond motifs is 1. The lowest BCUT2D eigenvalue weighted by atomic mass is 9.97. The smallest absolute Gasteiger partial charge is 0.271 e. The molecule has 2 aromatic carbocycles. The molecule has 0 aliphatic carbocycles. The number of aromatic nitrogens is 1. The van der Waals surface area contributed by atoms with Crippen LogP contribution in [0.4, 0.5) is 0 Å². The highest BCUT2D eigenvalue weighted by molar-refractivity contribution is 6.13. The molecule has 0 aliphatic rings. The average Bonchev–Trinajstić information content (AvgIpc) is 3.15. The van der Waals surface area contributed by atoms with Crippen LogP contribution in [-0.4, -0.2) is 22.6 Å². The van der Waals surface area contributed by atoms with Gasteiger partial charge in [-0.25, -0.2) is 0 Å². The fourth-order valence-corrected chi connectivity index (χ4v) is 4.58. The molecule has 178 valence electrons. The largest absolute Gasteiger partial charge is 0.497 e. The van der Waals surface area contributed by atoms with Crippen molar-refractivity contribution in [3.05, 3.63) is 91.5 Å². The lowest BCUT2D eigenvalue weighted by molar-refractivity contribution is 0.100. The van der Waals surface area contributed by atoms with E-state index >= 15 is 0 Å². The molecule has 0 spiro atoms. The van der Waals surface area contributed by atoms with E-state index in [-0.39, 0.29) is 29.0 Å². The van der Waals surface area contributed by atoms with E-state index < -0.39 is 17.2 Å². The Kier molecular flexibility index (Phi) is 6.23. The third-order valence-electron chi connectivity index (χ3n) is 6.39. The SMILES string of the molecule is COc1ccc(CCn2c(O)c(C(=O)c3oc4cc(C)cc(C)c4c3C)c(C)c(C#N)c2=O)cc1. The predicted molar refractivity (Wildman–Crippen MR) is 132 cm³/mol. The Balaban J connectivity index is 1.82. The van der Waals surface area contributed by atoms with Crippen LogP contribution in [0.1, 0.15) is 49.5 Å². The summed E-state index contributed by atoms with van der Waals surface area (Å²) in [5, 5.41) is 21.6. The molecular formula is C28H26N2O5. The quantitative estimate of drug-likeness (QED) is 0.402. The van der Waals surface area contributed by atoms with E-state index in [1.807, 2.05) is 44.2 Å². The van der Waals surface area contributed by atoms with E-state index in [2.05, 4.69) is 0 Å². The summed E-state index contributed by atoms with van der Waals surface area (Å²) in [6, 6.07) is 13.1. The van der Waals surface area contributed by atoms with E-state index in [1.165, 1.54) is 6.92 Å². The summed E-state index contributed by atoms with van der Waals surface area (Å²) in [7, 11) is 1.58. The molecule has 0 aliphatic heterocycles. The number of hydrogen-bond donors (Lipinski definition) is 1. The van der Waals surface area contributed by atoms with Crippen LogP contribution >= 0.6 is 0 Å². The first-order valence-electron chi connectivity index (χ1n) is 11.2. The number of ether oxygens (including phenoxy) is 1. The molecular weight excluding hydrogens is 444 g/mol. The number of carbonyl (C=O) groups excluding carboxylic acids is 1. The van der Waals surface area contributed by atoms with E-state index in [4.69, 9.17) is 9.15 Å². The van der Waals surface area contributed by atoms with Gasteiger partial charge in [-0.1, -0.05) is 18.2 Å². The summed E-state index contributed by atoms with van der Waals surface area (Å²) in [6.45, 7) is 7.26. The van der Waals surface area contributed by atoms with E-state index in [0.717, 1.165) is 26.6 Å². The van der Waals surface area contributed by atoms with Crippen LogP contribution < -0.4 is 10.3 Å². The molecule has 7 nitrogen and oxygen atoms in total. The van der Waals surface area contributed by atoms with Gasteiger partial charge in [-0.15, -0.1) is 0 Å². The first kappa shape index (κ1) is 23.8. The first-order valence-corrected chi connectivity index (χ1v) is 11.2. The van der Waals surface area contributed by atoms with Gasteiger partial charge in [-0.05, 0) is 74.6 Å². The second-order valence-corrected chi connectivity index (χ2v) is 8.71. The number of benzene rings is 2. The summed E-state index contributed by atoms with van der Waals surface area (Å²) in [5.41, 5.74) is 3.32. The van der Waals surface area contributed by atoms with E-state index in [9.17, 15) is 20.0 Å². The number of nitrogens with zero attached hydrogens (tertiary/aromatic N) is 2. The molecule has 4 aromatic rings. The highest BCUT2D eigenvalue weighted by atomic mass is 16.5. The third-order valence-corrected chi connectivity index (χ3v) is 6.39. The predicted octanol–water partition coefficient (Wildman–Crippen LogP) is 4.89. The minimum atomic E-state index is -0.639. The van der Waals surface area contributed by atoms with Crippen molar-refractivity contribution in [1.29, 1.82) is 5.26 Å². The van der Waals surface area contributed by atoms with Gasteiger partial charge in [0.1, 0.15) is 23.0 Å². The second-order valence-electron chi connectivity index (χ2n) is 8.71. The number of nitriles is 1. The Morgan fingerprint density at radius 2 is 1.80 bits per heavy atom. The molecule has 2 heterocycles. The zero-order valence-electron chi connectivity index (χ0n) is 20.4. The molecule has 0 bridgehead atoms. The molecule has 0 atom stereocenters. The molecule has 35 heavy (non-hydrogen) atoms. The highest BCUT2D eigenvalue weighted by Crippen LogP contribution is 2.33. The standard InChI is InChI=1S/C28H26N2O5/c1-15-12-16(2)23-18(4)26(35-22(23)13-15)25(31)24-17(3)21(14-29)27(32)30(28(24)33)11-10-19-6-8-20(34-5)9-7-19/h6-9,12-13,33H,10-11H2,1-5H3. The third kappa shape index (κ3) is 4.08. The lowest BCUT2D eigenvalue weighted by Crippen LogP contribution is -2.27. The van der Waals surface area contributed by atoms with Crippen LogP contribution in [0.5, 0.6) is 11.6 Å². The van der Waals surface area contributed by atoms with Gasteiger partial charge >= 0.3 is 0 Å². The highest BCUT2D eigenvalue weighted by Gasteiger charge is 2.29. The summed E-state index contributed by atoms with van der Waals surface area (Å²) in [6.07, 6.45) is 0.404. The van der Waals surface area contributed by atoms with Gasteiger partial charge in [0.05, 0.1) is 12.7 Å². The summed E-state index contributed by atoms with van der Waals surface area (Å²) < 4.78 is 12.2. The summed E-state index contributed by atoms with van der Waals surface area (Å²) >= 11 is 0. The van der Waals surface area contributed by atoms with Crippen molar-refractivity contribution in [2.75, 3.05) is 7.11 Å². The van der Waals surface area contributed by atoms with Gasteiger partial charge in [0, 0.05) is 17.5 Å². The molecule has 7 heteroatoms. The fraction of sp³-hybridized carbons (Fsp3) is 0.250. The Hall–Kier alpha value is -4.31. The lowest BCUT2D eigenvalue weighted by Gasteiger charge is -2.15. The topological polar surface area (TPSA) is 105 Å². The maximum absolute atomic E-state index is 13.7. The Labute approximate surface area is 202 Å². The number of aryl methyl sites for hydroxylation is 4. The number of rotatable bonds is 6. The van der Waals surface area contributed by atoms with Gasteiger partial charge in [-0.2, -0.15) is 5.26 Å². The number of furan rings is 1. The zero-order valence-corrected chi connectivity index (χ0v) is 20.4. The van der Waals surface area contributed by atoms with Gasteiger partial charge in [0.2, 0.25) is 11.7 Å². The van der Waals surface area contributed by atoms with Crippen molar-refractivity contribution < 1.29 is 19.1 Å². The van der Waals surface area contributed by atoms with Crippen molar-refractivity contribution in [1.82, 2.24) is 4.57 Å². The van der Waals surface area contributed by atoms with Crippen LogP contribution in [-0.2, 0) is 13.0 Å². The first-order chi connectivity index (χ1) is 16.7. The Morgan fingerprint density at radius 3 is 2.43 bits per heavy atom. The maximum Gasteiger partial charge on any atom is 0.271 e. The number of carbonyl (C=O) groups is 1. The Morgan fingerprint density at radius 1 is 1.11 bits per heavy atom. The average molecular weight is 471 g/mol. The number of hydrogen-bond acceptors (Lipinski definition) is 6. The summed E-state index contributed by atoms with van der Waals surface area (Å²) in [5.74, 6) is -0.259. The van der Waals surface area contributed by atoms with Crippen molar-refractivity contribution in [2.24, 2.45) is 0 Å². The maximum atomic E-state index is 13.7.